The minimum Gasteiger partial charge on any atom is -0.480 e. The Bertz CT molecular complexity index is 996. The van der Waals surface area contributed by atoms with E-state index in [1.54, 1.807) is 6.08 Å². The summed E-state index contributed by atoms with van der Waals surface area (Å²) in [6.07, 6.45) is 3.63. The Kier molecular flexibility index (Phi) is 9.16. The number of carbonyl (C=O) groups is 3. The van der Waals surface area contributed by atoms with Gasteiger partial charge in [-0.1, -0.05) is 54.6 Å². The molecule has 1 atom stereocenters. The summed E-state index contributed by atoms with van der Waals surface area (Å²) in [5, 5.41) is 11.9. The SMILES string of the molecule is C=CCCC(NC(=O)OCC1c2ccccc2-c2ccccc21)C(=O)N(CCSC)CC(=O)O. The zero-order valence-electron chi connectivity index (χ0n) is 19.2. The third-order valence-corrected chi connectivity index (χ3v) is 6.39. The van der Waals surface area contributed by atoms with Crippen molar-refractivity contribution in [1.29, 1.82) is 0 Å². The molecule has 3 rings (SSSR count). The molecule has 7 nitrogen and oxygen atoms in total. The monoisotopic (exact) mass is 482 g/mol. The molecule has 2 amide bonds. The molecule has 0 aliphatic heterocycles. The largest absolute Gasteiger partial charge is 0.480 e. The Morgan fingerprint density at radius 3 is 2.32 bits per heavy atom. The van der Waals surface area contributed by atoms with Gasteiger partial charge in [0.25, 0.3) is 0 Å². The Hall–Kier alpha value is -3.26. The quantitative estimate of drug-likeness (QED) is 0.442. The van der Waals surface area contributed by atoms with Crippen LogP contribution in [-0.4, -0.2) is 65.7 Å². The molecule has 1 aliphatic carbocycles. The van der Waals surface area contributed by atoms with Gasteiger partial charge in [0.05, 0.1) is 0 Å². The first-order valence-corrected chi connectivity index (χ1v) is 12.6. The zero-order valence-corrected chi connectivity index (χ0v) is 20.1. The first-order valence-electron chi connectivity index (χ1n) is 11.2. The Morgan fingerprint density at radius 1 is 1.15 bits per heavy atom. The van der Waals surface area contributed by atoms with Crippen LogP contribution in [0.5, 0.6) is 0 Å². The molecular weight excluding hydrogens is 452 g/mol. The molecule has 8 heteroatoms. The van der Waals surface area contributed by atoms with Crippen LogP contribution in [0.3, 0.4) is 0 Å². The molecule has 180 valence electrons. The second kappa shape index (κ2) is 12.3. The number of nitrogens with zero attached hydrogens (tertiary/aromatic N) is 1. The summed E-state index contributed by atoms with van der Waals surface area (Å²) < 4.78 is 5.58. The van der Waals surface area contributed by atoms with Gasteiger partial charge in [0.15, 0.2) is 0 Å². The van der Waals surface area contributed by atoms with E-state index in [0.29, 0.717) is 18.6 Å². The predicted molar refractivity (Wildman–Crippen MR) is 134 cm³/mol. The van der Waals surface area contributed by atoms with E-state index in [1.807, 2.05) is 42.7 Å². The summed E-state index contributed by atoms with van der Waals surface area (Å²) in [7, 11) is 0. The standard InChI is InChI=1S/C26H30N2O5S/c1-3-4-13-23(25(31)28(14-15-34-2)16-24(29)30)27-26(32)33-17-22-20-11-7-5-9-18(20)19-10-6-8-12-21(19)22/h3,5-12,22-23H,1,4,13-17H2,2H3,(H,27,32)(H,29,30). The van der Waals surface area contributed by atoms with Crippen LogP contribution >= 0.6 is 11.8 Å². The lowest BCUT2D eigenvalue weighted by Gasteiger charge is -2.26. The third-order valence-electron chi connectivity index (χ3n) is 5.80. The number of alkyl carbamates (subject to hydrolysis) is 1. The Labute approximate surface area is 204 Å². The number of benzene rings is 2. The second-order valence-corrected chi connectivity index (χ2v) is 9.02. The lowest BCUT2D eigenvalue weighted by atomic mass is 9.98. The van der Waals surface area contributed by atoms with E-state index >= 15 is 0 Å². The first-order chi connectivity index (χ1) is 16.5. The van der Waals surface area contributed by atoms with Crippen molar-refractivity contribution in [3.8, 4) is 11.1 Å². The molecule has 0 heterocycles. The fourth-order valence-corrected chi connectivity index (χ4v) is 4.58. The molecule has 0 saturated carbocycles. The Morgan fingerprint density at radius 2 is 1.76 bits per heavy atom. The third kappa shape index (κ3) is 6.20. The van der Waals surface area contributed by atoms with E-state index in [1.165, 1.54) is 16.7 Å². The normalized spacial score (nSPS) is 12.9. The van der Waals surface area contributed by atoms with Gasteiger partial charge in [0.1, 0.15) is 19.2 Å². The van der Waals surface area contributed by atoms with E-state index in [-0.39, 0.29) is 19.1 Å². The lowest BCUT2D eigenvalue weighted by molar-refractivity contribution is -0.145. The van der Waals surface area contributed by atoms with Gasteiger partial charge in [-0.05, 0) is 41.4 Å². The van der Waals surface area contributed by atoms with Gasteiger partial charge in [-0.2, -0.15) is 11.8 Å². The maximum Gasteiger partial charge on any atom is 0.407 e. The number of rotatable bonds is 12. The highest BCUT2D eigenvalue weighted by atomic mass is 32.2. The summed E-state index contributed by atoms with van der Waals surface area (Å²) in [6.45, 7) is 3.67. The smallest absolute Gasteiger partial charge is 0.407 e. The first kappa shape index (κ1) is 25.4. The highest BCUT2D eigenvalue weighted by molar-refractivity contribution is 7.98. The van der Waals surface area contributed by atoms with Crippen molar-refractivity contribution < 1.29 is 24.2 Å². The van der Waals surface area contributed by atoms with Crippen molar-refractivity contribution in [3.63, 3.8) is 0 Å². The number of allylic oxidation sites excluding steroid dienone is 1. The van der Waals surface area contributed by atoms with E-state index < -0.39 is 30.6 Å². The van der Waals surface area contributed by atoms with Crippen LogP contribution in [0, 0.1) is 0 Å². The number of carboxylic acids is 1. The number of hydrogen-bond donors (Lipinski definition) is 2. The predicted octanol–water partition coefficient (Wildman–Crippen LogP) is 4.14. The fourth-order valence-electron chi connectivity index (χ4n) is 4.18. The van der Waals surface area contributed by atoms with Gasteiger partial charge >= 0.3 is 12.1 Å². The summed E-state index contributed by atoms with van der Waals surface area (Å²) in [5.74, 6) is -1.03. The highest BCUT2D eigenvalue weighted by Crippen LogP contribution is 2.44. The number of fused-ring (bicyclic) bond motifs is 3. The molecule has 0 spiro atoms. The van der Waals surface area contributed by atoms with Crippen molar-refractivity contribution in [2.45, 2.75) is 24.8 Å². The van der Waals surface area contributed by atoms with Crippen molar-refractivity contribution in [2.24, 2.45) is 0 Å². The van der Waals surface area contributed by atoms with Crippen LogP contribution in [0.2, 0.25) is 0 Å². The van der Waals surface area contributed by atoms with Crippen molar-refractivity contribution in [1.82, 2.24) is 10.2 Å². The summed E-state index contributed by atoms with van der Waals surface area (Å²) >= 11 is 1.51. The van der Waals surface area contributed by atoms with Gasteiger partial charge in [-0.25, -0.2) is 4.79 Å². The van der Waals surface area contributed by atoms with E-state index in [9.17, 15) is 19.5 Å². The average molecular weight is 483 g/mol. The van der Waals surface area contributed by atoms with E-state index in [4.69, 9.17) is 4.74 Å². The highest BCUT2D eigenvalue weighted by Gasteiger charge is 2.31. The molecule has 2 aromatic carbocycles. The van der Waals surface area contributed by atoms with Crippen LogP contribution in [0.15, 0.2) is 61.2 Å². The average Bonchev–Trinajstić information content (AvgIpc) is 3.16. The molecular formula is C26H30N2O5S. The number of carbonyl (C=O) groups excluding carboxylic acids is 2. The van der Waals surface area contributed by atoms with Gasteiger partial charge in [-0.3, -0.25) is 9.59 Å². The van der Waals surface area contributed by atoms with Crippen LogP contribution in [0.4, 0.5) is 4.79 Å². The van der Waals surface area contributed by atoms with E-state index in [0.717, 1.165) is 22.3 Å². The minimum atomic E-state index is -1.10. The Balaban J connectivity index is 1.68. The van der Waals surface area contributed by atoms with Crippen LogP contribution in [0.1, 0.15) is 29.9 Å². The van der Waals surface area contributed by atoms with Crippen molar-refractivity contribution in [2.75, 3.05) is 31.7 Å². The zero-order chi connectivity index (χ0) is 24.5. The molecule has 1 unspecified atom stereocenters. The number of thioether (sulfide) groups is 1. The fraction of sp³-hybridized carbons (Fsp3) is 0.346. The van der Waals surface area contributed by atoms with Crippen molar-refractivity contribution >= 4 is 29.7 Å². The lowest BCUT2D eigenvalue weighted by Crippen LogP contribution is -2.50. The molecule has 2 aromatic rings. The van der Waals surface area contributed by atoms with Crippen LogP contribution < -0.4 is 5.32 Å². The molecule has 0 aromatic heterocycles. The topological polar surface area (TPSA) is 95.9 Å². The van der Waals surface area contributed by atoms with Gasteiger partial charge in [0.2, 0.25) is 5.91 Å². The number of carboxylic acid groups (broad SMARTS) is 1. The second-order valence-electron chi connectivity index (χ2n) is 8.03. The molecule has 0 radical (unpaired) electrons. The molecule has 0 bridgehead atoms. The summed E-state index contributed by atoms with van der Waals surface area (Å²) in [4.78, 5) is 38.3. The maximum absolute atomic E-state index is 13.1. The summed E-state index contributed by atoms with van der Waals surface area (Å²) in [5.41, 5.74) is 4.45. The molecule has 0 fully saturated rings. The summed E-state index contributed by atoms with van der Waals surface area (Å²) in [6, 6.07) is 15.2. The van der Waals surface area contributed by atoms with Crippen LogP contribution in [-0.2, 0) is 14.3 Å². The number of ether oxygens (including phenoxy) is 1. The molecule has 34 heavy (non-hydrogen) atoms. The van der Waals surface area contributed by atoms with Gasteiger partial charge in [-0.15, -0.1) is 6.58 Å². The maximum atomic E-state index is 13.1. The molecule has 0 saturated heterocycles. The number of nitrogens with one attached hydrogen (secondary N) is 1. The molecule has 1 aliphatic rings. The number of aliphatic carboxylic acids is 1. The van der Waals surface area contributed by atoms with Gasteiger partial charge in [0, 0.05) is 18.2 Å². The van der Waals surface area contributed by atoms with Crippen LogP contribution in [0.25, 0.3) is 11.1 Å². The van der Waals surface area contributed by atoms with Gasteiger partial charge < -0.3 is 20.1 Å². The minimum absolute atomic E-state index is 0.0921. The number of hydrogen-bond acceptors (Lipinski definition) is 5. The van der Waals surface area contributed by atoms with E-state index in [2.05, 4.69) is 24.0 Å². The molecule has 2 N–H and O–H groups in total. The van der Waals surface area contributed by atoms with Crippen molar-refractivity contribution in [3.05, 3.63) is 72.3 Å². The number of amides is 2.